The van der Waals surface area contributed by atoms with Gasteiger partial charge in [-0.05, 0) is 48.9 Å². The third kappa shape index (κ3) is 2.83. The van der Waals surface area contributed by atoms with Crippen molar-refractivity contribution in [3.63, 3.8) is 0 Å². The van der Waals surface area contributed by atoms with E-state index in [2.05, 4.69) is 5.32 Å². The molecular weight excluding hydrogens is 254 g/mol. The number of hydrogen-bond donors (Lipinski definition) is 3. The lowest BCUT2D eigenvalue weighted by atomic mass is 10.1. The zero-order chi connectivity index (χ0) is 14.7. The summed E-state index contributed by atoms with van der Waals surface area (Å²) in [5.41, 5.74) is 14.5. The number of nitrogens with one attached hydrogen (secondary N) is 1. The van der Waals surface area contributed by atoms with E-state index in [1.165, 1.54) is 0 Å². The minimum atomic E-state index is -0.502. The van der Waals surface area contributed by atoms with Crippen LogP contribution in [0.4, 0.5) is 17.1 Å². The zero-order valence-corrected chi connectivity index (χ0v) is 11.4. The van der Waals surface area contributed by atoms with Crippen LogP contribution in [0.1, 0.15) is 15.9 Å². The number of amides is 1. The maximum absolute atomic E-state index is 11.4. The number of carbonyl (C=O) groups is 1. The van der Waals surface area contributed by atoms with Crippen LogP contribution in [0.2, 0.25) is 0 Å². The highest BCUT2D eigenvalue weighted by Gasteiger charge is 2.09. The van der Waals surface area contributed by atoms with Gasteiger partial charge in [-0.2, -0.15) is 0 Å². The van der Waals surface area contributed by atoms with E-state index in [0.29, 0.717) is 16.9 Å². The van der Waals surface area contributed by atoms with Gasteiger partial charge in [-0.15, -0.1) is 0 Å². The van der Waals surface area contributed by atoms with Crippen LogP contribution in [0.15, 0.2) is 36.4 Å². The van der Waals surface area contributed by atoms with E-state index in [9.17, 15) is 4.79 Å². The Morgan fingerprint density at radius 2 is 1.95 bits per heavy atom. The molecule has 2 aromatic carbocycles. The van der Waals surface area contributed by atoms with Crippen molar-refractivity contribution in [2.75, 3.05) is 18.2 Å². The van der Waals surface area contributed by atoms with Crippen molar-refractivity contribution < 1.29 is 9.53 Å². The molecule has 0 bridgehead atoms. The summed E-state index contributed by atoms with van der Waals surface area (Å²) >= 11 is 0. The number of primary amides is 1. The van der Waals surface area contributed by atoms with Gasteiger partial charge in [0.25, 0.3) is 5.91 Å². The fraction of sp³-hybridized carbons (Fsp3) is 0.133. The van der Waals surface area contributed by atoms with Crippen molar-refractivity contribution in [3.8, 4) is 5.75 Å². The van der Waals surface area contributed by atoms with Crippen LogP contribution in [0, 0.1) is 6.92 Å². The molecule has 0 radical (unpaired) electrons. The minimum Gasteiger partial charge on any atom is -0.496 e. The first-order chi connectivity index (χ1) is 9.51. The molecule has 0 heterocycles. The lowest BCUT2D eigenvalue weighted by molar-refractivity contribution is 0.100. The van der Waals surface area contributed by atoms with Gasteiger partial charge < -0.3 is 21.5 Å². The average molecular weight is 271 g/mol. The Labute approximate surface area is 117 Å². The van der Waals surface area contributed by atoms with E-state index in [1.807, 2.05) is 25.1 Å². The topological polar surface area (TPSA) is 90.4 Å². The Kier molecular flexibility index (Phi) is 3.79. The normalized spacial score (nSPS) is 10.1. The van der Waals surface area contributed by atoms with Gasteiger partial charge in [0.15, 0.2) is 0 Å². The highest BCUT2D eigenvalue weighted by Crippen LogP contribution is 2.27. The van der Waals surface area contributed by atoms with Crippen LogP contribution in [0.25, 0.3) is 0 Å². The van der Waals surface area contributed by atoms with Crippen molar-refractivity contribution in [2.45, 2.75) is 6.92 Å². The molecule has 0 aliphatic heterocycles. The number of benzene rings is 2. The van der Waals surface area contributed by atoms with E-state index in [-0.39, 0.29) is 0 Å². The van der Waals surface area contributed by atoms with Crippen LogP contribution in [0.3, 0.4) is 0 Å². The molecule has 20 heavy (non-hydrogen) atoms. The number of methoxy groups -OCH3 is 1. The largest absolute Gasteiger partial charge is 0.496 e. The van der Waals surface area contributed by atoms with Crippen LogP contribution >= 0.6 is 0 Å². The molecular formula is C15H17N3O2. The third-order valence-corrected chi connectivity index (χ3v) is 2.98. The Morgan fingerprint density at radius 3 is 2.55 bits per heavy atom. The summed E-state index contributed by atoms with van der Waals surface area (Å²) in [4.78, 5) is 11.4. The quantitative estimate of drug-likeness (QED) is 0.745. The molecule has 0 saturated heterocycles. The van der Waals surface area contributed by atoms with Crippen molar-refractivity contribution in [2.24, 2.45) is 5.73 Å². The Morgan fingerprint density at radius 1 is 1.20 bits per heavy atom. The fourth-order valence-corrected chi connectivity index (χ4v) is 1.99. The number of aryl methyl sites for hydroxylation is 1. The molecule has 0 atom stereocenters. The molecule has 2 rings (SSSR count). The molecule has 0 spiro atoms. The standard InChI is InChI=1S/C15H17N3O2/c1-9-7-11(4-6-14(9)20-2)18-13-8-10(16)3-5-12(13)15(17)19/h3-8,18H,16H2,1-2H3,(H2,17,19). The summed E-state index contributed by atoms with van der Waals surface area (Å²) in [6, 6.07) is 10.6. The Bertz CT molecular complexity index is 654. The summed E-state index contributed by atoms with van der Waals surface area (Å²) in [5.74, 6) is 0.302. The molecule has 2 aromatic rings. The van der Waals surface area contributed by atoms with Gasteiger partial charge in [0.2, 0.25) is 0 Å². The molecule has 0 saturated carbocycles. The molecule has 0 aliphatic carbocycles. The lowest BCUT2D eigenvalue weighted by Crippen LogP contribution is -2.13. The van der Waals surface area contributed by atoms with E-state index < -0.39 is 5.91 Å². The maximum Gasteiger partial charge on any atom is 0.250 e. The molecule has 5 nitrogen and oxygen atoms in total. The average Bonchev–Trinajstić information content (AvgIpc) is 2.38. The summed E-state index contributed by atoms with van der Waals surface area (Å²) in [7, 11) is 1.62. The van der Waals surface area contributed by atoms with Crippen molar-refractivity contribution in [3.05, 3.63) is 47.5 Å². The second kappa shape index (κ2) is 5.52. The number of ether oxygens (including phenoxy) is 1. The molecule has 0 aromatic heterocycles. The summed E-state index contributed by atoms with van der Waals surface area (Å²) in [5, 5.41) is 3.15. The number of nitrogens with two attached hydrogens (primary N) is 2. The monoisotopic (exact) mass is 271 g/mol. The van der Waals surface area contributed by atoms with E-state index in [0.717, 1.165) is 17.0 Å². The van der Waals surface area contributed by atoms with E-state index >= 15 is 0 Å². The van der Waals surface area contributed by atoms with Crippen LogP contribution < -0.4 is 21.5 Å². The van der Waals surface area contributed by atoms with E-state index in [4.69, 9.17) is 16.2 Å². The minimum absolute atomic E-state index is 0.396. The van der Waals surface area contributed by atoms with Gasteiger partial charge in [-0.3, -0.25) is 4.79 Å². The predicted octanol–water partition coefficient (Wildman–Crippen LogP) is 2.43. The van der Waals surface area contributed by atoms with Gasteiger partial charge in [-0.25, -0.2) is 0 Å². The maximum atomic E-state index is 11.4. The Balaban J connectivity index is 2.36. The Hall–Kier alpha value is -2.69. The highest BCUT2D eigenvalue weighted by atomic mass is 16.5. The second-order valence-corrected chi connectivity index (χ2v) is 4.48. The number of rotatable bonds is 4. The lowest BCUT2D eigenvalue weighted by Gasteiger charge is -2.13. The first kappa shape index (κ1) is 13.7. The highest BCUT2D eigenvalue weighted by molar-refractivity contribution is 5.99. The molecule has 0 unspecified atom stereocenters. The third-order valence-electron chi connectivity index (χ3n) is 2.98. The number of nitrogen functional groups attached to an aromatic ring is 1. The molecule has 1 amide bonds. The van der Waals surface area contributed by atoms with Crippen molar-refractivity contribution in [1.82, 2.24) is 0 Å². The van der Waals surface area contributed by atoms with Gasteiger partial charge >= 0.3 is 0 Å². The molecule has 5 N–H and O–H groups in total. The SMILES string of the molecule is COc1ccc(Nc2cc(N)ccc2C(N)=O)cc1C. The summed E-state index contributed by atoms with van der Waals surface area (Å²) < 4.78 is 5.21. The predicted molar refractivity (Wildman–Crippen MR) is 80.4 cm³/mol. The first-order valence-electron chi connectivity index (χ1n) is 6.12. The van der Waals surface area contributed by atoms with E-state index in [1.54, 1.807) is 25.3 Å². The van der Waals surface area contributed by atoms with Gasteiger partial charge in [0.05, 0.1) is 18.4 Å². The zero-order valence-electron chi connectivity index (χ0n) is 11.4. The molecule has 104 valence electrons. The fourth-order valence-electron chi connectivity index (χ4n) is 1.99. The van der Waals surface area contributed by atoms with Crippen molar-refractivity contribution in [1.29, 1.82) is 0 Å². The summed E-state index contributed by atoms with van der Waals surface area (Å²) in [6.07, 6.45) is 0. The number of anilines is 3. The van der Waals surface area contributed by atoms with Gasteiger partial charge in [0, 0.05) is 11.4 Å². The van der Waals surface area contributed by atoms with Crippen molar-refractivity contribution >= 4 is 23.0 Å². The molecule has 0 aliphatic rings. The van der Waals surface area contributed by atoms with Crippen LogP contribution in [-0.4, -0.2) is 13.0 Å². The van der Waals surface area contributed by atoms with Gasteiger partial charge in [-0.1, -0.05) is 0 Å². The molecule has 0 fully saturated rings. The van der Waals surface area contributed by atoms with Crippen LogP contribution in [-0.2, 0) is 0 Å². The second-order valence-electron chi connectivity index (χ2n) is 4.48. The summed E-state index contributed by atoms with van der Waals surface area (Å²) in [6.45, 7) is 1.94. The molecule has 5 heteroatoms. The number of carbonyl (C=O) groups excluding carboxylic acids is 1. The first-order valence-corrected chi connectivity index (χ1v) is 6.12. The number of hydrogen-bond acceptors (Lipinski definition) is 4. The van der Waals surface area contributed by atoms with Gasteiger partial charge in [0.1, 0.15) is 5.75 Å². The smallest absolute Gasteiger partial charge is 0.250 e. The van der Waals surface area contributed by atoms with Crippen LogP contribution in [0.5, 0.6) is 5.75 Å².